The largest absolute Gasteiger partial charge is 0.491 e. The minimum Gasteiger partial charge on any atom is -0.487 e. The van der Waals surface area contributed by atoms with E-state index < -0.39 is 7.12 Å². The van der Waals surface area contributed by atoms with Gasteiger partial charge in [-0.25, -0.2) is 4.85 Å². The standard InChI is InChI=1S/C18H16BNO6/c1-12(21)23-7-8-24-18-10-14(20-2)3-6-17(18)26-15-4-5-16-13(9-15)11-25-19(16)22/h3-6,9-10,22H,7-8,11H2,1H3. The zero-order valence-electron chi connectivity index (χ0n) is 14.1. The average Bonchev–Trinajstić information content (AvgIpc) is 3.00. The summed E-state index contributed by atoms with van der Waals surface area (Å²) in [7, 11) is -0.905. The normalized spacial score (nSPS) is 12.3. The summed E-state index contributed by atoms with van der Waals surface area (Å²) in [6, 6.07) is 10.1. The van der Waals surface area contributed by atoms with Gasteiger partial charge in [-0.15, -0.1) is 0 Å². The van der Waals surface area contributed by atoms with Gasteiger partial charge in [-0.3, -0.25) is 4.79 Å². The molecule has 0 spiro atoms. The van der Waals surface area contributed by atoms with Gasteiger partial charge in [0.05, 0.1) is 13.2 Å². The summed E-state index contributed by atoms with van der Waals surface area (Å²) < 4.78 is 21.5. The Kier molecular flexibility index (Phi) is 5.41. The maximum atomic E-state index is 10.8. The Hall–Kier alpha value is -3.02. The van der Waals surface area contributed by atoms with E-state index in [0.29, 0.717) is 29.5 Å². The van der Waals surface area contributed by atoms with Crippen LogP contribution >= 0.6 is 0 Å². The number of hydrogen-bond acceptors (Lipinski definition) is 6. The molecule has 0 fully saturated rings. The van der Waals surface area contributed by atoms with Crippen LogP contribution in [-0.4, -0.2) is 31.3 Å². The molecule has 1 aliphatic rings. The highest BCUT2D eigenvalue weighted by molar-refractivity contribution is 6.61. The first-order chi connectivity index (χ1) is 12.6. The Morgan fingerprint density at radius 3 is 2.88 bits per heavy atom. The van der Waals surface area contributed by atoms with E-state index in [9.17, 15) is 9.82 Å². The van der Waals surface area contributed by atoms with Gasteiger partial charge in [0, 0.05) is 6.92 Å². The van der Waals surface area contributed by atoms with Crippen molar-refractivity contribution in [1.29, 1.82) is 0 Å². The van der Waals surface area contributed by atoms with Gasteiger partial charge in [-0.05, 0) is 35.3 Å². The van der Waals surface area contributed by atoms with E-state index in [-0.39, 0.29) is 19.2 Å². The highest BCUT2D eigenvalue weighted by Crippen LogP contribution is 2.35. The third-order valence-corrected chi connectivity index (χ3v) is 3.71. The van der Waals surface area contributed by atoms with Gasteiger partial charge < -0.3 is 23.9 Å². The number of esters is 1. The second kappa shape index (κ2) is 7.91. The fourth-order valence-electron chi connectivity index (χ4n) is 2.50. The number of rotatable bonds is 6. The molecule has 2 aromatic carbocycles. The Morgan fingerprint density at radius 1 is 1.27 bits per heavy atom. The lowest BCUT2D eigenvalue weighted by Crippen LogP contribution is -2.27. The molecule has 0 radical (unpaired) electrons. The summed E-state index contributed by atoms with van der Waals surface area (Å²) in [4.78, 5) is 14.2. The maximum Gasteiger partial charge on any atom is 0.491 e. The minimum atomic E-state index is -0.905. The maximum absolute atomic E-state index is 10.8. The highest BCUT2D eigenvalue weighted by atomic mass is 16.6. The molecule has 0 saturated carbocycles. The van der Waals surface area contributed by atoms with E-state index in [1.54, 1.807) is 36.4 Å². The molecule has 8 heteroatoms. The first-order valence-corrected chi connectivity index (χ1v) is 7.95. The molecule has 7 nitrogen and oxygen atoms in total. The van der Waals surface area contributed by atoms with E-state index in [1.807, 2.05) is 0 Å². The van der Waals surface area contributed by atoms with Crippen LogP contribution in [0.2, 0.25) is 0 Å². The zero-order valence-corrected chi connectivity index (χ0v) is 14.1. The molecule has 2 aromatic rings. The van der Waals surface area contributed by atoms with Crippen molar-refractivity contribution in [2.45, 2.75) is 13.5 Å². The molecule has 0 unspecified atom stereocenters. The van der Waals surface area contributed by atoms with Crippen LogP contribution in [-0.2, 0) is 20.8 Å². The van der Waals surface area contributed by atoms with Gasteiger partial charge in [0.15, 0.2) is 17.2 Å². The monoisotopic (exact) mass is 353 g/mol. The Labute approximate surface area is 151 Å². The molecule has 0 saturated heterocycles. The summed E-state index contributed by atoms with van der Waals surface area (Å²) in [5.74, 6) is 0.978. The van der Waals surface area contributed by atoms with Crippen LogP contribution in [0.5, 0.6) is 17.2 Å². The summed E-state index contributed by atoms with van der Waals surface area (Å²) in [6.45, 7) is 9.01. The van der Waals surface area contributed by atoms with E-state index in [2.05, 4.69) is 4.85 Å². The van der Waals surface area contributed by atoms with Crippen LogP contribution in [0.25, 0.3) is 4.85 Å². The predicted molar refractivity (Wildman–Crippen MR) is 93.7 cm³/mol. The molecule has 132 valence electrons. The van der Waals surface area contributed by atoms with Crippen molar-refractivity contribution in [3.05, 3.63) is 53.4 Å². The lowest BCUT2D eigenvalue weighted by Gasteiger charge is -2.13. The first-order valence-electron chi connectivity index (χ1n) is 7.95. The lowest BCUT2D eigenvalue weighted by atomic mass is 9.80. The molecule has 3 rings (SSSR count). The van der Waals surface area contributed by atoms with Crippen LogP contribution in [0.4, 0.5) is 5.69 Å². The van der Waals surface area contributed by atoms with Crippen LogP contribution in [0, 0.1) is 6.57 Å². The van der Waals surface area contributed by atoms with Gasteiger partial charge in [0.1, 0.15) is 19.0 Å². The number of ether oxygens (including phenoxy) is 3. The Bertz CT molecular complexity index is 863. The van der Waals surface area contributed by atoms with E-state index in [1.165, 1.54) is 6.92 Å². The molecular formula is C18H16BNO6. The van der Waals surface area contributed by atoms with Crippen molar-refractivity contribution in [2.75, 3.05) is 13.2 Å². The number of nitrogens with zero attached hydrogens (tertiary/aromatic N) is 1. The molecule has 0 bridgehead atoms. The first kappa shape index (κ1) is 17.8. The summed E-state index contributed by atoms with van der Waals surface area (Å²) in [6.07, 6.45) is 0. The van der Waals surface area contributed by atoms with Crippen molar-refractivity contribution in [1.82, 2.24) is 0 Å². The number of benzene rings is 2. The summed E-state index contributed by atoms with van der Waals surface area (Å²) in [5.41, 5.74) is 1.98. The molecule has 0 amide bonds. The van der Waals surface area contributed by atoms with Crippen LogP contribution in [0.15, 0.2) is 36.4 Å². The minimum absolute atomic E-state index is 0.102. The summed E-state index contributed by atoms with van der Waals surface area (Å²) >= 11 is 0. The molecular weight excluding hydrogens is 337 g/mol. The lowest BCUT2D eigenvalue weighted by molar-refractivity contribution is -0.141. The second-order valence-electron chi connectivity index (χ2n) is 5.56. The smallest absolute Gasteiger partial charge is 0.487 e. The molecule has 1 aliphatic heterocycles. The Morgan fingerprint density at radius 2 is 2.12 bits per heavy atom. The van der Waals surface area contributed by atoms with Crippen molar-refractivity contribution in [3.63, 3.8) is 0 Å². The third kappa shape index (κ3) is 4.14. The van der Waals surface area contributed by atoms with Gasteiger partial charge >= 0.3 is 13.1 Å². The summed E-state index contributed by atoms with van der Waals surface area (Å²) in [5, 5.41) is 9.68. The van der Waals surface area contributed by atoms with E-state index >= 15 is 0 Å². The number of carbonyl (C=O) groups is 1. The molecule has 0 aliphatic carbocycles. The highest BCUT2D eigenvalue weighted by Gasteiger charge is 2.27. The SMILES string of the molecule is [C-]#[N+]c1ccc(Oc2ccc3c(c2)COB3O)c(OCCOC(C)=O)c1. The fourth-order valence-corrected chi connectivity index (χ4v) is 2.50. The van der Waals surface area contributed by atoms with Gasteiger partial charge in [0.25, 0.3) is 0 Å². The van der Waals surface area contributed by atoms with Crippen LogP contribution < -0.4 is 14.9 Å². The molecule has 0 aromatic heterocycles. The topological polar surface area (TPSA) is 78.6 Å². The average molecular weight is 353 g/mol. The van der Waals surface area contributed by atoms with Crippen LogP contribution in [0.3, 0.4) is 0 Å². The quantitative estimate of drug-likeness (QED) is 0.371. The fraction of sp³-hybridized carbons (Fsp3) is 0.222. The van der Waals surface area contributed by atoms with Crippen molar-refractivity contribution in [2.24, 2.45) is 0 Å². The molecule has 1 heterocycles. The van der Waals surface area contributed by atoms with E-state index in [4.69, 9.17) is 25.4 Å². The Balaban J connectivity index is 1.76. The van der Waals surface area contributed by atoms with Gasteiger partial charge in [-0.1, -0.05) is 12.1 Å². The van der Waals surface area contributed by atoms with Crippen molar-refractivity contribution in [3.8, 4) is 17.2 Å². The second-order valence-corrected chi connectivity index (χ2v) is 5.56. The van der Waals surface area contributed by atoms with Crippen molar-refractivity contribution >= 4 is 24.2 Å². The van der Waals surface area contributed by atoms with Gasteiger partial charge in [0.2, 0.25) is 0 Å². The van der Waals surface area contributed by atoms with Crippen LogP contribution in [0.1, 0.15) is 12.5 Å². The third-order valence-electron chi connectivity index (χ3n) is 3.71. The van der Waals surface area contributed by atoms with Crippen molar-refractivity contribution < 1.29 is 28.7 Å². The molecule has 1 N–H and O–H groups in total. The number of fused-ring (bicyclic) bond motifs is 1. The molecule has 26 heavy (non-hydrogen) atoms. The predicted octanol–water partition coefficient (Wildman–Crippen LogP) is 2.19. The number of carbonyl (C=O) groups excluding carboxylic acids is 1. The zero-order chi connectivity index (χ0) is 18.5. The van der Waals surface area contributed by atoms with Gasteiger partial charge in [-0.2, -0.15) is 0 Å². The number of hydrogen-bond donors (Lipinski definition) is 1. The van der Waals surface area contributed by atoms with E-state index in [0.717, 1.165) is 11.0 Å². The molecule has 0 atom stereocenters.